The average Bonchev–Trinajstić information content (AvgIpc) is 2.90. The van der Waals surface area contributed by atoms with Gasteiger partial charge < -0.3 is 19.1 Å². The molecule has 0 bridgehead atoms. The maximum Gasteiger partial charge on any atom is 0.355 e. The number of aryl methyl sites for hydroxylation is 1. The summed E-state index contributed by atoms with van der Waals surface area (Å²) in [4.78, 5) is 38.5. The first-order chi connectivity index (χ1) is 12.8. The lowest BCUT2D eigenvalue weighted by Crippen LogP contribution is -2.28. The fraction of sp³-hybridized carbons (Fsp3) is 0.211. The average molecular weight is 436 g/mol. The summed E-state index contributed by atoms with van der Waals surface area (Å²) >= 11 is 3.39. The van der Waals surface area contributed by atoms with Crippen molar-refractivity contribution in [2.75, 3.05) is 26.2 Å². The second-order valence-corrected chi connectivity index (χ2v) is 6.28. The number of anilines is 1. The van der Waals surface area contributed by atoms with Gasteiger partial charge in [0.1, 0.15) is 5.70 Å². The molecule has 0 spiro atoms. The second kappa shape index (κ2) is 8.68. The number of carbonyl (C=O) groups excluding carboxylic acids is 3. The molecule has 1 aromatic carbocycles. The van der Waals surface area contributed by atoms with Crippen LogP contribution in [-0.2, 0) is 23.8 Å². The zero-order chi connectivity index (χ0) is 20.1. The van der Waals surface area contributed by atoms with Gasteiger partial charge in [0.2, 0.25) is 0 Å². The van der Waals surface area contributed by atoms with E-state index in [1.807, 2.05) is 6.92 Å². The molecule has 7 nitrogen and oxygen atoms in total. The molecule has 1 heterocycles. The number of ether oxygens (including phenoxy) is 3. The molecule has 0 saturated carbocycles. The third-order valence-electron chi connectivity index (χ3n) is 3.83. The van der Waals surface area contributed by atoms with Crippen molar-refractivity contribution >= 4 is 39.5 Å². The van der Waals surface area contributed by atoms with Crippen LogP contribution in [0, 0.1) is 6.92 Å². The van der Waals surface area contributed by atoms with Crippen molar-refractivity contribution < 1.29 is 28.6 Å². The molecule has 0 amide bonds. The molecule has 0 radical (unpaired) electrons. The summed E-state index contributed by atoms with van der Waals surface area (Å²) in [5.41, 5.74) is 1.27. The van der Waals surface area contributed by atoms with Gasteiger partial charge in [-0.2, -0.15) is 0 Å². The highest BCUT2D eigenvalue weighted by Gasteiger charge is 2.30. The zero-order valence-electron chi connectivity index (χ0n) is 15.2. The third-order valence-corrected chi connectivity index (χ3v) is 4.69. The molecule has 142 valence electrons. The van der Waals surface area contributed by atoms with Crippen LogP contribution in [0.2, 0.25) is 0 Å². The van der Waals surface area contributed by atoms with E-state index in [1.165, 1.54) is 32.3 Å². The minimum Gasteiger partial charge on any atom is -0.465 e. The van der Waals surface area contributed by atoms with E-state index in [1.54, 1.807) is 30.5 Å². The van der Waals surface area contributed by atoms with Crippen molar-refractivity contribution in [3.8, 4) is 0 Å². The first kappa shape index (κ1) is 20.4. The highest BCUT2D eigenvalue weighted by Crippen LogP contribution is 2.33. The number of rotatable bonds is 4. The Morgan fingerprint density at radius 2 is 1.56 bits per heavy atom. The fourth-order valence-corrected chi connectivity index (χ4v) is 2.83. The van der Waals surface area contributed by atoms with Crippen molar-refractivity contribution in [1.82, 2.24) is 0 Å². The lowest BCUT2D eigenvalue weighted by atomic mass is 10.1. The summed E-state index contributed by atoms with van der Waals surface area (Å²) < 4.78 is 15.2. The van der Waals surface area contributed by atoms with Crippen LogP contribution in [0.4, 0.5) is 5.69 Å². The first-order valence-corrected chi connectivity index (χ1v) is 8.58. The van der Waals surface area contributed by atoms with E-state index in [0.717, 1.165) is 5.56 Å². The van der Waals surface area contributed by atoms with E-state index in [9.17, 15) is 14.4 Å². The molecule has 1 aromatic rings. The van der Waals surface area contributed by atoms with Gasteiger partial charge in [0.15, 0.2) is 0 Å². The predicted octanol–water partition coefficient (Wildman–Crippen LogP) is 3.03. The van der Waals surface area contributed by atoms with Gasteiger partial charge in [-0.1, -0.05) is 22.0 Å². The SMILES string of the molecule is COC(=O)C1=C(C(=O)OC)N(c2cc(C)c(Br)cc2C(=O)OC)C=CC=C1. The summed E-state index contributed by atoms with van der Waals surface area (Å²) in [6.45, 7) is 1.83. The Morgan fingerprint density at radius 3 is 2.15 bits per heavy atom. The van der Waals surface area contributed by atoms with Crippen LogP contribution in [0.25, 0.3) is 0 Å². The Balaban J connectivity index is 2.82. The molecule has 0 saturated heterocycles. The topological polar surface area (TPSA) is 82.1 Å². The minimum atomic E-state index is -0.761. The Labute approximate surface area is 165 Å². The Kier molecular flexibility index (Phi) is 6.57. The van der Waals surface area contributed by atoms with Gasteiger partial charge in [0, 0.05) is 10.7 Å². The molecule has 0 fully saturated rings. The Hall–Kier alpha value is -2.87. The summed E-state index contributed by atoms with van der Waals surface area (Å²) in [6, 6.07) is 3.29. The molecule has 0 aliphatic carbocycles. The van der Waals surface area contributed by atoms with Crippen molar-refractivity contribution in [2.24, 2.45) is 0 Å². The molecule has 2 rings (SSSR count). The highest BCUT2D eigenvalue weighted by atomic mass is 79.9. The maximum absolute atomic E-state index is 12.5. The molecule has 1 aliphatic rings. The first-order valence-electron chi connectivity index (χ1n) is 7.79. The van der Waals surface area contributed by atoms with Gasteiger partial charge in [-0.05, 0) is 36.8 Å². The van der Waals surface area contributed by atoms with Gasteiger partial charge in [-0.15, -0.1) is 0 Å². The van der Waals surface area contributed by atoms with E-state index in [-0.39, 0.29) is 16.8 Å². The normalized spacial score (nSPS) is 13.3. The number of nitrogens with zero attached hydrogens (tertiary/aromatic N) is 1. The van der Waals surface area contributed by atoms with Gasteiger partial charge in [0.25, 0.3) is 0 Å². The van der Waals surface area contributed by atoms with E-state index in [4.69, 9.17) is 14.2 Å². The number of benzene rings is 1. The van der Waals surface area contributed by atoms with E-state index < -0.39 is 17.9 Å². The Morgan fingerprint density at radius 1 is 0.926 bits per heavy atom. The number of methoxy groups -OCH3 is 3. The second-order valence-electron chi connectivity index (χ2n) is 5.43. The molecule has 8 heteroatoms. The summed E-state index contributed by atoms with van der Waals surface area (Å²) in [5.74, 6) is -2.07. The van der Waals surface area contributed by atoms with Crippen LogP contribution in [0.15, 0.2) is 52.3 Å². The number of allylic oxidation sites excluding steroid dienone is 2. The van der Waals surface area contributed by atoms with Crippen LogP contribution < -0.4 is 4.90 Å². The number of carbonyl (C=O) groups is 3. The van der Waals surface area contributed by atoms with Crippen LogP contribution >= 0.6 is 15.9 Å². The molecule has 0 atom stereocenters. The lowest BCUT2D eigenvalue weighted by molar-refractivity contribution is -0.139. The predicted molar refractivity (Wildman–Crippen MR) is 102 cm³/mol. The zero-order valence-corrected chi connectivity index (χ0v) is 16.8. The fourth-order valence-electron chi connectivity index (χ4n) is 2.49. The van der Waals surface area contributed by atoms with Crippen molar-refractivity contribution in [1.29, 1.82) is 0 Å². The molecule has 0 unspecified atom stereocenters. The van der Waals surface area contributed by atoms with Crippen LogP contribution in [-0.4, -0.2) is 39.2 Å². The summed E-state index contributed by atoms with van der Waals surface area (Å²) in [5, 5.41) is 0. The monoisotopic (exact) mass is 435 g/mol. The van der Waals surface area contributed by atoms with Crippen molar-refractivity contribution in [2.45, 2.75) is 6.92 Å². The number of halogens is 1. The van der Waals surface area contributed by atoms with Crippen LogP contribution in [0.3, 0.4) is 0 Å². The molecule has 1 aliphatic heterocycles. The molecular weight excluding hydrogens is 418 g/mol. The molecular formula is C19H18BrNO6. The van der Waals surface area contributed by atoms with Crippen molar-refractivity contribution in [3.05, 3.63) is 63.4 Å². The summed E-state index contributed by atoms with van der Waals surface area (Å²) in [6.07, 6.45) is 6.20. The standard InChI is InChI=1S/C19H18BrNO6/c1-11-9-15(13(10-14(11)20)18(23)26-3)21-8-6-5-7-12(17(22)25-2)16(21)19(24)27-4/h5-10H,1-4H3. The number of hydrogen-bond donors (Lipinski definition) is 0. The number of hydrogen-bond acceptors (Lipinski definition) is 7. The van der Waals surface area contributed by atoms with Gasteiger partial charge in [-0.25, -0.2) is 14.4 Å². The quantitative estimate of drug-likeness (QED) is 0.530. The van der Waals surface area contributed by atoms with Crippen LogP contribution in [0.1, 0.15) is 15.9 Å². The largest absolute Gasteiger partial charge is 0.465 e. The highest BCUT2D eigenvalue weighted by molar-refractivity contribution is 9.10. The lowest BCUT2D eigenvalue weighted by Gasteiger charge is -2.25. The maximum atomic E-state index is 12.5. The summed E-state index contributed by atoms with van der Waals surface area (Å²) in [7, 11) is 3.68. The molecule has 27 heavy (non-hydrogen) atoms. The van der Waals surface area contributed by atoms with E-state index in [2.05, 4.69) is 15.9 Å². The Bertz CT molecular complexity index is 884. The minimum absolute atomic E-state index is 0.00858. The molecule has 0 N–H and O–H groups in total. The van der Waals surface area contributed by atoms with Gasteiger partial charge in [-0.3, -0.25) is 0 Å². The van der Waals surface area contributed by atoms with Gasteiger partial charge in [0.05, 0.1) is 38.2 Å². The van der Waals surface area contributed by atoms with Crippen LogP contribution in [0.5, 0.6) is 0 Å². The molecule has 0 aromatic heterocycles. The van der Waals surface area contributed by atoms with E-state index in [0.29, 0.717) is 10.2 Å². The third kappa shape index (κ3) is 4.11. The number of esters is 3. The van der Waals surface area contributed by atoms with E-state index >= 15 is 0 Å². The van der Waals surface area contributed by atoms with Crippen molar-refractivity contribution in [3.63, 3.8) is 0 Å². The smallest absolute Gasteiger partial charge is 0.355 e. The van der Waals surface area contributed by atoms with Gasteiger partial charge >= 0.3 is 17.9 Å².